The lowest BCUT2D eigenvalue weighted by molar-refractivity contribution is -0.139. The Bertz CT molecular complexity index is 1360. The fourth-order valence-corrected chi connectivity index (χ4v) is 4.06. The summed E-state index contributed by atoms with van der Waals surface area (Å²) in [5.74, 6) is 1.65. The van der Waals surface area contributed by atoms with Gasteiger partial charge in [0.2, 0.25) is 0 Å². The molecular formula is C26H26N8O2. The van der Waals surface area contributed by atoms with Crippen molar-refractivity contribution in [3.63, 3.8) is 0 Å². The van der Waals surface area contributed by atoms with E-state index in [-0.39, 0.29) is 0 Å². The molecule has 10 heteroatoms. The SMILES string of the molecule is Cc1cccc(-c2nccc(Nc3ccnc(Cc4ccc(N5CCN[C@@H](C(=O)O)C5)cc4)n3)n2)n1. The fraction of sp³-hybridized carbons (Fsp3) is 0.231. The van der Waals surface area contributed by atoms with Crippen molar-refractivity contribution in [1.82, 2.24) is 30.2 Å². The van der Waals surface area contributed by atoms with Crippen molar-refractivity contribution in [2.45, 2.75) is 19.4 Å². The van der Waals surface area contributed by atoms with E-state index in [4.69, 9.17) is 0 Å². The topological polar surface area (TPSA) is 129 Å². The summed E-state index contributed by atoms with van der Waals surface area (Å²) in [7, 11) is 0. The molecule has 10 nitrogen and oxygen atoms in total. The summed E-state index contributed by atoms with van der Waals surface area (Å²) in [6.45, 7) is 3.78. The summed E-state index contributed by atoms with van der Waals surface area (Å²) >= 11 is 0. The van der Waals surface area contributed by atoms with Crippen molar-refractivity contribution < 1.29 is 9.90 Å². The van der Waals surface area contributed by atoms with Crippen LogP contribution >= 0.6 is 0 Å². The minimum absolute atomic E-state index is 0.441. The van der Waals surface area contributed by atoms with Crippen molar-refractivity contribution in [2.75, 3.05) is 29.9 Å². The number of hydrogen-bond acceptors (Lipinski definition) is 9. The number of carboxylic acid groups (broad SMARTS) is 1. The maximum absolute atomic E-state index is 11.3. The lowest BCUT2D eigenvalue weighted by Crippen LogP contribution is -2.54. The van der Waals surface area contributed by atoms with E-state index in [1.807, 2.05) is 49.4 Å². The Morgan fingerprint density at radius 1 is 1.03 bits per heavy atom. The molecule has 1 fully saturated rings. The van der Waals surface area contributed by atoms with Gasteiger partial charge in [0.1, 0.15) is 29.2 Å². The molecule has 3 N–H and O–H groups in total. The van der Waals surface area contributed by atoms with Gasteiger partial charge in [-0.3, -0.25) is 4.79 Å². The number of nitrogens with one attached hydrogen (secondary N) is 2. The minimum Gasteiger partial charge on any atom is -0.480 e. The van der Waals surface area contributed by atoms with E-state index in [1.54, 1.807) is 24.5 Å². The summed E-state index contributed by atoms with van der Waals surface area (Å²) in [5, 5.41) is 15.5. The Morgan fingerprint density at radius 3 is 2.58 bits per heavy atom. The van der Waals surface area contributed by atoms with E-state index < -0.39 is 12.0 Å². The van der Waals surface area contributed by atoms with Crippen LogP contribution < -0.4 is 15.5 Å². The summed E-state index contributed by atoms with van der Waals surface area (Å²) in [6.07, 6.45) is 3.97. The van der Waals surface area contributed by atoms with Crippen LogP contribution in [0, 0.1) is 6.92 Å². The van der Waals surface area contributed by atoms with Crippen LogP contribution in [0.1, 0.15) is 17.1 Å². The number of pyridine rings is 1. The number of rotatable bonds is 7. The predicted octanol–water partition coefficient (Wildman–Crippen LogP) is 2.83. The van der Waals surface area contributed by atoms with Crippen LogP contribution in [0.4, 0.5) is 17.3 Å². The van der Waals surface area contributed by atoms with Gasteiger partial charge in [-0.1, -0.05) is 18.2 Å². The maximum atomic E-state index is 11.3. The zero-order chi connectivity index (χ0) is 24.9. The van der Waals surface area contributed by atoms with Gasteiger partial charge in [0.05, 0.1) is 0 Å². The molecule has 0 radical (unpaired) electrons. The highest BCUT2D eigenvalue weighted by Gasteiger charge is 2.24. The molecule has 1 aliphatic rings. The van der Waals surface area contributed by atoms with E-state index >= 15 is 0 Å². The molecule has 1 atom stereocenters. The first-order chi connectivity index (χ1) is 17.5. The molecule has 4 aromatic rings. The molecule has 0 spiro atoms. The van der Waals surface area contributed by atoms with Gasteiger partial charge in [-0.15, -0.1) is 0 Å². The third-order valence-corrected chi connectivity index (χ3v) is 5.87. The zero-order valence-corrected chi connectivity index (χ0v) is 19.8. The highest BCUT2D eigenvalue weighted by Crippen LogP contribution is 2.20. The van der Waals surface area contributed by atoms with Crippen molar-refractivity contribution in [3.05, 3.63) is 84.1 Å². The summed E-state index contributed by atoms with van der Waals surface area (Å²) in [6, 6.07) is 16.9. The highest BCUT2D eigenvalue weighted by molar-refractivity contribution is 5.75. The largest absolute Gasteiger partial charge is 0.480 e. The van der Waals surface area contributed by atoms with Crippen molar-refractivity contribution in [2.24, 2.45) is 0 Å². The molecule has 1 saturated heterocycles. The Hall–Kier alpha value is -4.44. The van der Waals surface area contributed by atoms with Gasteiger partial charge < -0.3 is 20.6 Å². The Labute approximate surface area is 208 Å². The molecule has 0 amide bonds. The Balaban J connectivity index is 1.25. The number of piperazine rings is 1. The number of hydrogen-bond donors (Lipinski definition) is 3. The molecule has 1 aromatic carbocycles. The number of carbonyl (C=O) groups is 1. The monoisotopic (exact) mass is 482 g/mol. The summed E-state index contributed by atoms with van der Waals surface area (Å²) < 4.78 is 0. The maximum Gasteiger partial charge on any atom is 0.322 e. The van der Waals surface area contributed by atoms with E-state index in [0.717, 1.165) is 23.5 Å². The first-order valence-electron chi connectivity index (χ1n) is 11.7. The molecule has 5 rings (SSSR count). The van der Waals surface area contributed by atoms with E-state index in [2.05, 4.69) is 40.5 Å². The fourth-order valence-electron chi connectivity index (χ4n) is 4.06. The smallest absolute Gasteiger partial charge is 0.322 e. The van der Waals surface area contributed by atoms with E-state index in [9.17, 15) is 9.90 Å². The minimum atomic E-state index is -0.827. The van der Waals surface area contributed by atoms with Crippen LogP contribution in [0.5, 0.6) is 0 Å². The number of aromatic nitrogens is 5. The number of carboxylic acids is 1. The molecule has 36 heavy (non-hydrogen) atoms. The van der Waals surface area contributed by atoms with Gasteiger partial charge in [0.15, 0.2) is 5.82 Å². The second kappa shape index (κ2) is 10.4. The van der Waals surface area contributed by atoms with Crippen LogP contribution in [0.3, 0.4) is 0 Å². The van der Waals surface area contributed by atoms with Crippen LogP contribution in [-0.4, -0.2) is 61.7 Å². The molecule has 0 aliphatic carbocycles. The molecular weight excluding hydrogens is 456 g/mol. The van der Waals surface area contributed by atoms with Gasteiger partial charge >= 0.3 is 5.97 Å². The quantitative estimate of drug-likeness (QED) is 0.362. The average Bonchev–Trinajstić information content (AvgIpc) is 2.90. The van der Waals surface area contributed by atoms with Gasteiger partial charge in [0.25, 0.3) is 0 Å². The van der Waals surface area contributed by atoms with Gasteiger partial charge in [-0.25, -0.2) is 24.9 Å². The van der Waals surface area contributed by atoms with Crippen molar-refractivity contribution in [3.8, 4) is 11.5 Å². The molecule has 4 heterocycles. The van der Waals surface area contributed by atoms with Gasteiger partial charge in [-0.05, 0) is 48.9 Å². The van der Waals surface area contributed by atoms with Crippen molar-refractivity contribution in [1.29, 1.82) is 0 Å². The lowest BCUT2D eigenvalue weighted by Gasteiger charge is -2.33. The van der Waals surface area contributed by atoms with E-state index in [1.165, 1.54) is 0 Å². The first-order valence-corrected chi connectivity index (χ1v) is 11.7. The zero-order valence-electron chi connectivity index (χ0n) is 19.8. The van der Waals surface area contributed by atoms with Crippen LogP contribution in [0.25, 0.3) is 11.5 Å². The van der Waals surface area contributed by atoms with Gasteiger partial charge in [-0.2, -0.15) is 0 Å². The van der Waals surface area contributed by atoms with Crippen molar-refractivity contribution >= 4 is 23.3 Å². The molecule has 0 saturated carbocycles. The number of nitrogens with zero attached hydrogens (tertiary/aromatic N) is 6. The molecule has 1 aliphatic heterocycles. The second-order valence-electron chi connectivity index (χ2n) is 8.55. The lowest BCUT2D eigenvalue weighted by atomic mass is 10.1. The third-order valence-electron chi connectivity index (χ3n) is 5.87. The number of benzene rings is 1. The highest BCUT2D eigenvalue weighted by atomic mass is 16.4. The summed E-state index contributed by atoms with van der Waals surface area (Å²) in [5.41, 5.74) is 3.69. The van der Waals surface area contributed by atoms with E-state index in [0.29, 0.717) is 48.5 Å². The van der Waals surface area contributed by atoms with Crippen LogP contribution in [0.2, 0.25) is 0 Å². The number of anilines is 3. The standard InChI is InChI=1S/C26H26N8O2/c1-17-3-2-4-20(30-17)25-29-12-10-23(33-25)31-22-9-11-28-24(32-22)15-18-5-7-19(8-6-18)34-14-13-27-21(16-34)26(35)36/h2-12,21,27H,13-16H2,1H3,(H,35,36)(H,28,29,31,32,33)/t21-/m1/s1. The second-order valence-corrected chi connectivity index (χ2v) is 8.55. The van der Waals surface area contributed by atoms with Crippen LogP contribution in [-0.2, 0) is 11.2 Å². The molecule has 3 aromatic heterocycles. The Morgan fingerprint density at radius 2 is 1.81 bits per heavy atom. The number of aryl methyl sites for hydroxylation is 1. The number of aliphatic carboxylic acids is 1. The third kappa shape index (κ3) is 5.61. The first kappa shape index (κ1) is 23.3. The average molecular weight is 483 g/mol. The van der Waals surface area contributed by atoms with Crippen LogP contribution in [0.15, 0.2) is 67.0 Å². The Kier molecular flexibility index (Phi) is 6.76. The molecule has 0 bridgehead atoms. The predicted molar refractivity (Wildman–Crippen MR) is 136 cm³/mol. The van der Waals surface area contributed by atoms with Gasteiger partial charge in [0, 0.05) is 49.8 Å². The normalized spacial score (nSPS) is 15.5. The summed E-state index contributed by atoms with van der Waals surface area (Å²) in [4.78, 5) is 35.8. The molecule has 182 valence electrons. The molecule has 0 unspecified atom stereocenters.